The molecule has 0 bridgehead atoms. The van der Waals surface area contributed by atoms with Crippen molar-refractivity contribution in [3.05, 3.63) is 71.8 Å². The molecule has 0 aliphatic carbocycles. The van der Waals surface area contributed by atoms with Gasteiger partial charge in [-0.25, -0.2) is 0 Å². The van der Waals surface area contributed by atoms with Crippen molar-refractivity contribution in [3.8, 4) is 0 Å². The van der Waals surface area contributed by atoms with Gasteiger partial charge in [0.2, 0.25) is 0 Å². The second-order valence-electron chi connectivity index (χ2n) is 4.45. The van der Waals surface area contributed by atoms with Crippen LogP contribution in [0.15, 0.2) is 60.7 Å². The van der Waals surface area contributed by atoms with Crippen molar-refractivity contribution in [1.82, 2.24) is 0 Å². The van der Waals surface area contributed by atoms with E-state index in [1.54, 1.807) is 0 Å². The van der Waals surface area contributed by atoms with Gasteiger partial charge < -0.3 is 4.74 Å². The molecule has 0 radical (unpaired) electrons. The van der Waals surface area contributed by atoms with Crippen molar-refractivity contribution >= 4 is 0 Å². The van der Waals surface area contributed by atoms with Crippen molar-refractivity contribution in [3.63, 3.8) is 0 Å². The lowest BCUT2D eigenvalue weighted by molar-refractivity contribution is 0.128. The third-order valence-corrected chi connectivity index (χ3v) is 3.04. The summed E-state index contributed by atoms with van der Waals surface area (Å²) in [4.78, 5) is 0. The number of ether oxygens (including phenoxy) is 1. The zero-order valence-corrected chi connectivity index (χ0v) is 10.9. The van der Waals surface area contributed by atoms with E-state index in [-0.39, 0.29) is 0 Å². The van der Waals surface area contributed by atoms with Crippen LogP contribution in [0.2, 0.25) is 0 Å². The molecule has 94 valence electrons. The zero-order chi connectivity index (χ0) is 12.6. The van der Waals surface area contributed by atoms with Crippen LogP contribution in [0.5, 0.6) is 0 Å². The molecule has 0 unspecified atom stereocenters. The Morgan fingerprint density at radius 2 is 1.33 bits per heavy atom. The van der Waals surface area contributed by atoms with E-state index in [1.165, 1.54) is 11.1 Å². The van der Waals surface area contributed by atoms with Crippen LogP contribution >= 0.6 is 0 Å². The first-order valence-corrected chi connectivity index (χ1v) is 6.59. The predicted molar refractivity (Wildman–Crippen MR) is 75.8 cm³/mol. The Kier molecular flexibility index (Phi) is 4.98. The molecule has 0 fully saturated rings. The van der Waals surface area contributed by atoms with Crippen LogP contribution in [0.4, 0.5) is 0 Å². The minimum Gasteiger partial charge on any atom is -0.380 e. The summed E-state index contributed by atoms with van der Waals surface area (Å²) < 4.78 is 5.75. The molecule has 0 aliphatic rings. The lowest BCUT2D eigenvalue weighted by atomic mass is 9.92. The highest BCUT2D eigenvalue weighted by Gasteiger charge is 2.13. The Hall–Kier alpha value is -1.60. The summed E-state index contributed by atoms with van der Waals surface area (Å²) in [6.45, 7) is 3.72. The second-order valence-corrected chi connectivity index (χ2v) is 4.45. The molecular formula is C17H20O. The molecule has 0 amide bonds. The van der Waals surface area contributed by atoms with Gasteiger partial charge in [-0.3, -0.25) is 0 Å². The van der Waals surface area contributed by atoms with Crippen molar-refractivity contribution in [1.29, 1.82) is 0 Å². The SMILES string of the molecule is CCCOCC(c1ccccc1)c1ccccc1. The summed E-state index contributed by atoms with van der Waals surface area (Å²) >= 11 is 0. The van der Waals surface area contributed by atoms with Gasteiger partial charge >= 0.3 is 0 Å². The van der Waals surface area contributed by atoms with Crippen molar-refractivity contribution in [2.24, 2.45) is 0 Å². The molecule has 1 heteroatoms. The fraction of sp³-hybridized carbons (Fsp3) is 0.294. The van der Waals surface area contributed by atoms with Gasteiger partial charge in [-0.1, -0.05) is 67.6 Å². The van der Waals surface area contributed by atoms with E-state index in [0.29, 0.717) is 5.92 Å². The highest BCUT2D eigenvalue weighted by Crippen LogP contribution is 2.24. The maximum atomic E-state index is 5.75. The van der Waals surface area contributed by atoms with Crippen LogP contribution in [-0.4, -0.2) is 13.2 Å². The Morgan fingerprint density at radius 1 is 0.833 bits per heavy atom. The molecule has 0 aliphatic heterocycles. The Morgan fingerprint density at radius 3 is 1.78 bits per heavy atom. The molecule has 2 rings (SSSR count). The fourth-order valence-corrected chi connectivity index (χ4v) is 2.10. The first-order chi connectivity index (χ1) is 8.92. The molecule has 0 saturated carbocycles. The minimum atomic E-state index is 0.332. The number of rotatable bonds is 6. The topological polar surface area (TPSA) is 9.23 Å². The molecule has 0 saturated heterocycles. The van der Waals surface area contributed by atoms with Crippen LogP contribution in [0.1, 0.15) is 30.4 Å². The summed E-state index contributed by atoms with van der Waals surface area (Å²) in [5.74, 6) is 0.332. The van der Waals surface area contributed by atoms with Gasteiger partial charge in [0.05, 0.1) is 6.61 Å². The number of benzene rings is 2. The molecule has 0 heterocycles. The van der Waals surface area contributed by atoms with Crippen LogP contribution in [0, 0.1) is 0 Å². The van der Waals surface area contributed by atoms with Crippen LogP contribution < -0.4 is 0 Å². The van der Waals surface area contributed by atoms with Crippen molar-refractivity contribution < 1.29 is 4.74 Å². The van der Waals surface area contributed by atoms with E-state index < -0.39 is 0 Å². The first kappa shape index (κ1) is 12.8. The van der Waals surface area contributed by atoms with E-state index in [1.807, 2.05) is 0 Å². The predicted octanol–water partition coefficient (Wildman–Crippen LogP) is 4.25. The van der Waals surface area contributed by atoms with E-state index >= 15 is 0 Å². The lowest BCUT2D eigenvalue weighted by Crippen LogP contribution is -2.10. The number of hydrogen-bond acceptors (Lipinski definition) is 1. The molecule has 0 aromatic heterocycles. The highest BCUT2D eigenvalue weighted by atomic mass is 16.5. The summed E-state index contributed by atoms with van der Waals surface area (Å²) in [6.07, 6.45) is 1.07. The summed E-state index contributed by atoms with van der Waals surface area (Å²) in [6, 6.07) is 21.2. The van der Waals surface area contributed by atoms with Gasteiger partial charge in [0.15, 0.2) is 0 Å². The highest BCUT2D eigenvalue weighted by molar-refractivity contribution is 5.32. The molecule has 0 spiro atoms. The van der Waals surface area contributed by atoms with Gasteiger partial charge in [-0.15, -0.1) is 0 Å². The van der Waals surface area contributed by atoms with Gasteiger partial charge in [0.25, 0.3) is 0 Å². The summed E-state index contributed by atoms with van der Waals surface area (Å²) in [5, 5.41) is 0. The van der Waals surface area contributed by atoms with Crippen LogP contribution in [0.3, 0.4) is 0 Å². The monoisotopic (exact) mass is 240 g/mol. The lowest BCUT2D eigenvalue weighted by Gasteiger charge is -2.18. The van der Waals surface area contributed by atoms with E-state index in [0.717, 1.165) is 19.6 Å². The standard InChI is InChI=1S/C17H20O/c1-2-13-18-14-17(15-9-5-3-6-10-15)16-11-7-4-8-12-16/h3-12,17H,2,13-14H2,1H3. The Labute approximate surface area is 109 Å². The zero-order valence-electron chi connectivity index (χ0n) is 10.9. The Bertz CT molecular complexity index is 396. The van der Waals surface area contributed by atoms with Gasteiger partial charge in [0, 0.05) is 12.5 Å². The van der Waals surface area contributed by atoms with Crippen molar-refractivity contribution in [2.75, 3.05) is 13.2 Å². The molecule has 2 aromatic rings. The summed E-state index contributed by atoms with van der Waals surface area (Å²) in [5.41, 5.74) is 2.64. The largest absolute Gasteiger partial charge is 0.380 e. The fourth-order valence-electron chi connectivity index (χ4n) is 2.10. The molecule has 1 nitrogen and oxygen atoms in total. The molecule has 0 N–H and O–H groups in total. The normalized spacial score (nSPS) is 10.8. The quantitative estimate of drug-likeness (QED) is 0.686. The van der Waals surface area contributed by atoms with Gasteiger partial charge in [-0.05, 0) is 17.5 Å². The smallest absolute Gasteiger partial charge is 0.0575 e. The van der Waals surface area contributed by atoms with E-state index in [2.05, 4.69) is 67.6 Å². The molecule has 2 aromatic carbocycles. The molecular weight excluding hydrogens is 220 g/mol. The minimum absolute atomic E-state index is 0.332. The van der Waals surface area contributed by atoms with Gasteiger partial charge in [0.1, 0.15) is 0 Å². The number of hydrogen-bond donors (Lipinski definition) is 0. The molecule has 18 heavy (non-hydrogen) atoms. The van der Waals surface area contributed by atoms with Crippen LogP contribution in [0.25, 0.3) is 0 Å². The third kappa shape index (κ3) is 3.44. The average molecular weight is 240 g/mol. The van der Waals surface area contributed by atoms with Crippen LogP contribution in [-0.2, 0) is 4.74 Å². The van der Waals surface area contributed by atoms with Gasteiger partial charge in [-0.2, -0.15) is 0 Å². The second kappa shape index (κ2) is 6.97. The maximum Gasteiger partial charge on any atom is 0.0575 e. The third-order valence-electron chi connectivity index (χ3n) is 3.04. The van der Waals surface area contributed by atoms with Crippen molar-refractivity contribution in [2.45, 2.75) is 19.3 Å². The Balaban J connectivity index is 2.18. The van der Waals surface area contributed by atoms with E-state index in [4.69, 9.17) is 4.74 Å². The summed E-state index contributed by atoms with van der Waals surface area (Å²) in [7, 11) is 0. The molecule has 0 atom stereocenters. The van der Waals surface area contributed by atoms with E-state index in [9.17, 15) is 0 Å². The maximum absolute atomic E-state index is 5.75. The first-order valence-electron chi connectivity index (χ1n) is 6.59. The average Bonchev–Trinajstić information content (AvgIpc) is 2.46.